The van der Waals surface area contributed by atoms with E-state index in [0.717, 1.165) is 51.4 Å². The third-order valence-corrected chi connectivity index (χ3v) is 18.4. The molecule has 12 nitrogen and oxygen atoms in total. The molecule has 0 bridgehead atoms. The van der Waals surface area contributed by atoms with Gasteiger partial charge in [-0.1, -0.05) is 336 Å². The molecule has 13 heteroatoms. The number of hydrogen-bond acceptors (Lipinski definition) is 10. The minimum Gasteiger partial charge on any atom is -0.759 e. The monoisotopic (exact) mass is 1260 g/mol. The van der Waals surface area contributed by atoms with Gasteiger partial charge in [0.05, 0.1) is 39.1 Å². The normalized spacial score (nSPS) is 12.9. The van der Waals surface area contributed by atoms with E-state index in [0.29, 0.717) is 51.9 Å². The lowest BCUT2D eigenvalue weighted by Gasteiger charge is -2.34. The predicted octanol–water partition coefficient (Wildman–Crippen LogP) is 20.4. The highest BCUT2D eigenvalue weighted by molar-refractivity contribution is 7.79. The molecule has 0 heterocycles. The van der Waals surface area contributed by atoms with Gasteiger partial charge in [-0.15, -0.1) is 0 Å². The number of carbonyl (C=O) groups is 4. The molecular weight excluding hydrogens is 1110 g/mol. The van der Waals surface area contributed by atoms with Crippen LogP contribution in [0.2, 0.25) is 0 Å². The van der Waals surface area contributed by atoms with E-state index in [1.807, 2.05) is 13.8 Å². The van der Waals surface area contributed by atoms with Crippen molar-refractivity contribution >= 4 is 33.8 Å². The molecule has 0 aromatic rings. The number of rotatable bonds is 66. The first kappa shape index (κ1) is 89.6. The molecule has 0 saturated heterocycles. The zero-order chi connectivity index (χ0) is 65.1. The summed E-state index contributed by atoms with van der Waals surface area (Å²) in [5.74, 6) is 0.704. The zero-order valence-electron chi connectivity index (χ0n) is 58.7. The number of Topliss-reactive ketones (excluding diaryl/α,β-unsaturated/α-hetero) is 2. The Hall–Kier alpha value is -1.61. The topological polar surface area (TPSA) is 189 Å². The van der Waals surface area contributed by atoms with Gasteiger partial charge < -0.3 is 19.3 Å². The van der Waals surface area contributed by atoms with E-state index in [1.165, 1.54) is 283 Å². The third-order valence-electron chi connectivity index (χ3n) is 18.4. The van der Waals surface area contributed by atoms with E-state index in [-0.39, 0.29) is 58.7 Å². The maximum atomic E-state index is 13.2. The predicted molar refractivity (Wildman–Crippen MR) is 367 cm³/mol. The van der Waals surface area contributed by atoms with Crippen LogP contribution in [0.5, 0.6) is 0 Å². The minimum atomic E-state index is -5.17. The first-order chi connectivity index (χ1) is 42.1. The van der Waals surface area contributed by atoms with Crippen molar-refractivity contribution in [3.05, 3.63) is 0 Å². The summed E-state index contributed by atoms with van der Waals surface area (Å²) < 4.78 is 34.4. The van der Waals surface area contributed by atoms with Crippen molar-refractivity contribution in [2.24, 2.45) is 0 Å². The molecule has 87 heavy (non-hydrogen) atoms. The summed E-state index contributed by atoms with van der Waals surface area (Å²) in [4.78, 5) is 52.1. The first-order valence-electron chi connectivity index (χ1n) is 37.8. The highest BCUT2D eigenvalue weighted by Gasteiger charge is 2.37. The number of carbonyl (C=O) groups excluding carboxylic acids is 4. The van der Waals surface area contributed by atoms with Gasteiger partial charge in [0.15, 0.2) is 11.6 Å². The van der Waals surface area contributed by atoms with Crippen molar-refractivity contribution in [2.75, 3.05) is 52.5 Å². The second-order valence-electron chi connectivity index (χ2n) is 26.4. The van der Waals surface area contributed by atoms with Crippen LogP contribution in [0.3, 0.4) is 0 Å². The number of nitrogens with zero attached hydrogens (tertiary/aromatic N) is 2. The van der Waals surface area contributed by atoms with Crippen molar-refractivity contribution in [1.82, 2.24) is 0 Å². The van der Waals surface area contributed by atoms with E-state index in [2.05, 4.69) is 27.7 Å². The van der Waals surface area contributed by atoms with E-state index >= 15 is 0 Å². The lowest BCUT2D eigenvalue weighted by atomic mass is 10.0. The number of aliphatic hydroxyl groups excluding tert-OH is 2. The number of hydrogen-bond donors (Lipinski definition) is 2. The van der Waals surface area contributed by atoms with Crippen molar-refractivity contribution in [3.63, 3.8) is 0 Å². The fourth-order valence-corrected chi connectivity index (χ4v) is 12.4. The Kier molecular flexibility index (Phi) is 70.8. The summed E-state index contributed by atoms with van der Waals surface area (Å²) in [7, 11) is -5.17. The number of aliphatic hydroxyl groups is 2. The van der Waals surface area contributed by atoms with Gasteiger partial charge in [-0.25, -0.2) is 9.59 Å². The SMILES string of the molecule is CCCCCCCCCCCCCCCC(=O)C[N+](CC)(CCO)C(=O)CCCCCCCCCCCCCCC.CCCCCCCCCCCCCCCC(=O)C[N+](CC)(CCO)C(=O)CCCCCCCCCCCCCCC.O=S(=O)([O-])[O-]. The Balaban J connectivity index is -0.00000150. The number of likely N-dealkylation sites (N-methyl/N-ethyl adjacent to an activating group) is 2. The maximum absolute atomic E-state index is 13.2. The molecular formula is C74H148N2O10S. The Morgan fingerprint density at radius 1 is 0.276 bits per heavy atom. The molecule has 0 aromatic carbocycles. The maximum Gasteiger partial charge on any atom is 0.314 e. The minimum absolute atomic E-state index is 0.0375. The van der Waals surface area contributed by atoms with Gasteiger partial charge in [0.25, 0.3) is 0 Å². The number of ketones is 2. The molecule has 2 amide bonds. The number of quaternary nitrogens is 2. The van der Waals surface area contributed by atoms with Crippen LogP contribution in [-0.4, -0.2) is 113 Å². The highest BCUT2D eigenvalue weighted by atomic mass is 32.3. The lowest BCUT2D eigenvalue weighted by molar-refractivity contribution is -0.845. The average molecular weight is 1260 g/mol. The molecule has 2 atom stereocenters. The van der Waals surface area contributed by atoms with Gasteiger partial charge in [-0.3, -0.25) is 27.0 Å². The standard InChI is InChI=1S/2C37H74NO3.H2O4S/c2*1-4-7-9-11-13-15-17-19-21-23-25-27-29-31-36(40)35-38(6-3,33-34-39)37(41)32-30-28-26-24-22-20-18-16-14-12-10-8-5-2;1-5(2,3)4/h2*39H,4-35H2,1-3H3;(H2,1,2,3,4)/q2*+1;/p-2. The van der Waals surface area contributed by atoms with Crippen LogP contribution in [0.25, 0.3) is 0 Å². The molecule has 0 rings (SSSR count). The zero-order valence-corrected chi connectivity index (χ0v) is 59.5. The Morgan fingerprint density at radius 3 is 0.575 bits per heavy atom. The Bertz CT molecular complexity index is 1490. The number of amides is 2. The average Bonchev–Trinajstić information content (AvgIpc) is 3.70. The molecule has 2 unspecified atom stereocenters. The Labute approximate surface area is 540 Å². The van der Waals surface area contributed by atoms with Crippen LogP contribution in [-0.2, 0) is 29.6 Å². The van der Waals surface area contributed by atoms with Gasteiger partial charge in [-0.2, -0.15) is 0 Å². The second kappa shape index (κ2) is 68.7. The van der Waals surface area contributed by atoms with E-state index in [9.17, 15) is 29.4 Å². The third kappa shape index (κ3) is 64.3. The second-order valence-corrected chi connectivity index (χ2v) is 27.2. The molecule has 520 valence electrons. The van der Waals surface area contributed by atoms with Gasteiger partial charge >= 0.3 is 11.8 Å². The summed E-state index contributed by atoms with van der Waals surface area (Å²) in [6.45, 7) is 15.5. The van der Waals surface area contributed by atoms with Crippen LogP contribution >= 0.6 is 0 Å². The molecule has 0 aliphatic rings. The van der Waals surface area contributed by atoms with Crippen LogP contribution in [0.1, 0.15) is 401 Å². The molecule has 0 aliphatic carbocycles. The van der Waals surface area contributed by atoms with Crippen molar-refractivity contribution in [3.8, 4) is 0 Å². The van der Waals surface area contributed by atoms with Gasteiger partial charge in [-0.05, 0) is 39.5 Å². The first-order valence-corrected chi connectivity index (χ1v) is 39.2. The van der Waals surface area contributed by atoms with Crippen molar-refractivity contribution in [1.29, 1.82) is 0 Å². The lowest BCUT2D eigenvalue weighted by Crippen LogP contribution is -2.56. The summed E-state index contributed by atoms with van der Waals surface area (Å²) in [5.41, 5.74) is 0. The van der Waals surface area contributed by atoms with E-state index in [4.69, 9.17) is 17.5 Å². The van der Waals surface area contributed by atoms with Crippen LogP contribution in [0.4, 0.5) is 0 Å². The van der Waals surface area contributed by atoms with E-state index in [1.54, 1.807) is 0 Å². The fourth-order valence-electron chi connectivity index (χ4n) is 12.4. The quantitative estimate of drug-likeness (QED) is 0.0257. The fraction of sp³-hybridized carbons (Fsp3) is 0.946. The molecule has 2 N–H and O–H groups in total. The molecule has 0 fully saturated rings. The molecule has 0 aromatic heterocycles. The van der Waals surface area contributed by atoms with Gasteiger partial charge in [0.1, 0.15) is 26.2 Å². The molecule has 0 spiro atoms. The summed E-state index contributed by atoms with van der Waals surface area (Å²) in [6.07, 6.45) is 69.7. The highest BCUT2D eigenvalue weighted by Crippen LogP contribution is 2.21. The molecule has 0 aliphatic heterocycles. The van der Waals surface area contributed by atoms with Crippen LogP contribution in [0, 0.1) is 0 Å². The molecule has 0 saturated carbocycles. The van der Waals surface area contributed by atoms with Gasteiger partial charge in [0, 0.05) is 23.2 Å². The summed E-state index contributed by atoms with van der Waals surface area (Å²) in [5, 5.41) is 19.4. The smallest absolute Gasteiger partial charge is 0.314 e. The van der Waals surface area contributed by atoms with E-state index < -0.39 is 10.4 Å². The van der Waals surface area contributed by atoms with Crippen molar-refractivity contribution < 1.29 is 55.9 Å². The largest absolute Gasteiger partial charge is 0.759 e. The Morgan fingerprint density at radius 2 is 0.425 bits per heavy atom. The summed E-state index contributed by atoms with van der Waals surface area (Å²) >= 11 is 0. The van der Waals surface area contributed by atoms with Crippen molar-refractivity contribution in [2.45, 2.75) is 401 Å². The number of unbranched alkanes of at least 4 members (excludes halogenated alkanes) is 48. The van der Waals surface area contributed by atoms with Crippen LogP contribution in [0.15, 0.2) is 0 Å². The van der Waals surface area contributed by atoms with Gasteiger partial charge in [0.2, 0.25) is 0 Å². The van der Waals surface area contributed by atoms with Crippen LogP contribution < -0.4 is 0 Å². The molecule has 0 radical (unpaired) electrons. The summed E-state index contributed by atoms with van der Waals surface area (Å²) in [6, 6.07) is 0.